The lowest BCUT2D eigenvalue weighted by Gasteiger charge is -2.29. The van der Waals surface area contributed by atoms with Crippen molar-refractivity contribution in [1.82, 2.24) is 5.32 Å². The molecule has 1 aliphatic heterocycles. The van der Waals surface area contributed by atoms with E-state index in [-0.39, 0.29) is 34.8 Å². The third kappa shape index (κ3) is 5.34. The Morgan fingerprint density at radius 2 is 1.96 bits per heavy atom. The molecule has 0 aromatic heterocycles. The molecule has 1 aromatic rings. The van der Waals surface area contributed by atoms with Crippen molar-refractivity contribution in [3.8, 4) is 0 Å². The Bertz CT molecular complexity index is 637. The lowest BCUT2D eigenvalue weighted by atomic mass is 9.79. The van der Waals surface area contributed by atoms with Crippen LogP contribution in [0.15, 0.2) is 30.3 Å². The predicted molar refractivity (Wildman–Crippen MR) is 93.1 cm³/mol. The van der Waals surface area contributed by atoms with Gasteiger partial charge in [0, 0.05) is 12.5 Å². The van der Waals surface area contributed by atoms with Crippen molar-refractivity contribution in [3.05, 3.63) is 35.9 Å². The molecule has 0 aliphatic carbocycles. The molecule has 0 unspecified atom stereocenters. The van der Waals surface area contributed by atoms with Crippen molar-refractivity contribution in [2.24, 2.45) is 5.92 Å². The van der Waals surface area contributed by atoms with Gasteiger partial charge in [-0.3, -0.25) is 4.79 Å². The molecule has 1 heterocycles. The standard InChI is InChI=1S/C18H27NO3S/c1-14(12-18(2,3)16-7-5-4-6-8-16)19-17(20)11-15-9-10-23(21,22)13-15/h4-8,14-15H,9-13H2,1-3H3,(H,19,20)/t14-,15+/m0/s1. The van der Waals surface area contributed by atoms with Gasteiger partial charge in [-0.25, -0.2) is 8.42 Å². The van der Waals surface area contributed by atoms with Gasteiger partial charge in [0.1, 0.15) is 0 Å². The first-order valence-electron chi connectivity index (χ1n) is 8.23. The second-order valence-electron chi connectivity index (χ2n) is 7.40. The summed E-state index contributed by atoms with van der Waals surface area (Å²) in [6.45, 7) is 6.36. The van der Waals surface area contributed by atoms with Crippen LogP contribution in [0.25, 0.3) is 0 Å². The summed E-state index contributed by atoms with van der Waals surface area (Å²) in [6, 6.07) is 10.3. The van der Waals surface area contributed by atoms with Crippen molar-refractivity contribution < 1.29 is 13.2 Å². The molecule has 2 rings (SSSR count). The maximum atomic E-state index is 12.1. The average Bonchev–Trinajstić information content (AvgIpc) is 2.77. The number of benzene rings is 1. The summed E-state index contributed by atoms with van der Waals surface area (Å²) < 4.78 is 22.9. The first-order valence-corrected chi connectivity index (χ1v) is 10.1. The van der Waals surface area contributed by atoms with Crippen LogP contribution in [0.4, 0.5) is 0 Å². The molecule has 1 aromatic carbocycles. The van der Waals surface area contributed by atoms with Crippen LogP contribution in [0, 0.1) is 5.92 Å². The molecule has 2 atom stereocenters. The average molecular weight is 337 g/mol. The fourth-order valence-electron chi connectivity index (χ4n) is 3.45. The van der Waals surface area contributed by atoms with Gasteiger partial charge in [-0.2, -0.15) is 0 Å². The van der Waals surface area contributed by atoms with Crippen LogP contribution in [0.3, 0.4) is 0 Å². The summed E-state index contributed by atoms with van der Waals surface area (Å²) in [5.41, 5.74) is 1.23. The van der Waals surface area contributed by atoms with Gasteiger partial charge in [0.25, 0.3) is 0 Å². The number of rotatable bonds is 6. The molecule has 0 saturated carbocycles. The minimum Gasteiger partial charge on any atom is -0.354 e. The van der Waals surface area contributed by atoms with E-state index in [0.29, 0.717) is 12.8 Å². The van der Waals surface area contributed by atoms with Crippen molar-refractivity contribution in [2.75, 3.05) is 11.5 Å². The molecule has 1 fully saturated rings. The Morgan fingerprint density at radius 1 is 1.30 bits per heavy atom. The Morgan fingerprint density at radius 3 is 2.52 bits per heavy atom. The van der Waals surface area contributed by atoms with E-state index in [2.05, 4.69) is 31.3 Å². The van der Waals surface area contributed by atoms with Gasteiger partial charge < -0.3 is 5.32 Å². The molecule has 128 valence electrons. The van der Waals surface area contributed by atoms with E-state index >= 15 is 0 Å². The van der Waals surface area contributed by atoms with Gasteiger partial charge >= 0.3 is 0 Å². The molecular weight excluding hydrogens is 310 g/mol. The number of hydrogen-bond donors (Lipinski definition) is 1. The van der Waals surface area contributed by atoms with Crippen LogP contribution in [-0.4, -0.2) is 31.9 Å². The third-order valence-corrected chi connectivity index (χ3v) is 6.42. The van der Waals surface area contributed by atoms with Crippen LogP contribution in [0.2, 0.25) is 0 Å². The van der Waals surface area contributed by atoms with Crippen molar-refractivity contribution in [3.63, 3.8) is 0 Å². The molecular formula is C18H27NO3S. The number of hydrogen-bond acceptors (Lipinski definition) is 3. The van der Waals surface area contributed by atoms with E-state index in [4.69, 9.17) is 0 Å². The monoisotopic (exact) mass is 337 g/mol. The Hall–Kier alpha value is -1.36. The van der Waals surface area contributed by atoms with Gasteiger partial charge in [-0.1, -0.05) is 44.2 Å². The van der Waals surface area contributed by atoms with Crippen LogP contribution in [-0.2, 0) is 20.0 Å². The van der Waals surface area contributed by atoms with Gasteiger partial charge in [0.05, 0.1) is 11.5 Å². The molecule has 1 amide bonds. The smallest absolute Gasteiger partial charge is 0.220 e. The van der Waals surface area contributed by atoms with Gasteiger partial charge in [-0.05, 0) is 36.7 Å². The van der Waals surface area contributed by atoms with Crippen molar-refractivity contribution >= 4 is 15.7 Å². The highest BCUT2D eigenvalue weighted by atomic mass is 32.2. The van der Waals surface area contributed by atoms with Crippen LogP contribution >= 0.6 is 0 Å². The molecule has 1 saturated heterocycles. The SMILES string of the molecule is C[C@@H](CC(C)(C)c1ccccc1)NC(=O)C[C@H]1CCS(=O)(=O)C1. The van der Waals surface area contributed by atoms with E-state index in [9.17, 15) is 13.2 Å². The van der Waals surface area contributed by atoms with Crippen LogP contribution in [0.1, 0.15) is 45.6 Å². The maximum Gasteiger partial charge on any atom is 0.220 e. The summed E-state index contributed by atoms with van der Waals surface area (Å²) in [5.74, 6) is 0.323. The summed E-state index contributed by atoms with van der Waals surface area (Å²) in [6.07, 6.45) is 1.76. The topological polar surface area (TPSA) is 63.2 Å². The molecule has 0 radical (unpaired) electrons. The normalized spacial score (nSPS) is 21.8. The molecule has 4 nitrogen and oxygen atoms in total. The third-order valence-electron chi connectivity index (χ3n) is 4.58. The number of carbonyl (C=O) groups is 1. The van der Waals surface area contributed by atoms with Crippen LogP contribution in [0.5, 0.6) is 0 Å². The first kappa shape index (κ1) is 18.0. The second kappa shape index (κ2) is 7.04. The lowest BCUT2D eigenvalue weighted by molar-refractivity contribution is -0.122. The molecule has 0 bridgehead atoms. The zero-order valence-electron chi connectivity index (χ0n) is 14.2. The lowest BCUT2D eigenvalue weighted by Crippen LogP contribution is -2.38. The highest BCUT2D eigenvalue weighted by Gasteiger charge is 2.30. The number of sulfone groups is 1. The van der Waals surface area contributed by atoms with E-state index in [0.717, 1.165) is 6.42 Å². The molecule has 5 heteroatoms. The van der Waals surface area contributed by atoms with E-state index in [1.165, 1.54) is 5.56 Å². The van der Waals surface area contributed by atoms with Crippen molar-refractivity contribution in [1.29, 1.82) is 0 Å². The van der Waals surface area contributed by atoms with E-state index in [1.807, 2.05) is 25.1 Å². The zero-order chi connectivity index (χ0) is 17.1. The van der Waals surface area contributed by atoms with Gasteiger partial charge in [0.2, 0.25) is 5.91 Å². The Labute approximate surface area is 139 Å². The molecule has 23 heavy (non-hydrogen) atoms. The largest absolute Gasteiger partial charge is 0.354 e. The highest BCUT2D eigenvalue weighted by Crippen LogP contribution is 2.28. The highest BCUT2D eigenvalue weighted by molar-refractivity contribution is 7.91. The number of nitrogens with one attached hydrogen (secondary N) is 1. The zero-order valence-corrected chi connectivity index (χ0v) is 15.0. The van der Waals surface area contributed by atoms with Gasteiger partial charge in [0.15, 0.2) is 9.84 Å². The number of carbonyl (C=O) groups excluding carboxylic acids is 1. The Balaban J connectivity index is 1.84. The maximum absolute atomic E-state index is 12.1. The quantitative estimate of drug-likeness (QED) is 0.868. The summed E-state index contributed by atoms with van der Waals surface area (Å²) in [4.78, 5) is 12.1. The Kier molecular flexibility index (Phi) is 5.50. The minimum absolute atomic E-state index is 0.0191. The molecule has 1 aliphatic rings. The fraction of sp³-hybridized carbons (Fsp3) is 0.611. The minimum atomic E-state index is -2.91. The van der Waals surface area contributed by atoms with Gasteiger partial charge in [-0.15, -0.1) is 0 Å². The van der Waals surface area contributed by atoms with Crippen LogP contribution < -0.4 is 5.32 Å². The first-order chi connectivity index (χ1) is 10.7. The molecule has 0 spiro atoms. The summed E-state index contributed by atoms with van der Waals surface area (Å²) in [5, 5.41) is 3.03. The number of amides is 1. The van der Waals surface area contributed by atoms with E-state index < -0.39 is 9.84 Å². The summed E-state index contributed by atoms with van der Waals surface area (Å²) in [7, 11) is -2.91. The second-order valence-corrected chi connectivity index (χ2v) is 9.62. The fourth-order valence-corrected chi connectivity index (χ4v) is 5.31. The summed E-state index contributed by atoms with van der Waals surface area (Å²) >= 11 is 0. The molecule has 1 N–H and O–H groups in total. The van der Waals surface area contributed by atoms with Crippen molar-refractivity contribution in [2.45, 2.75) is 51.5 Å². The predicted octanol–water partition coefficient (Wildman–Crippen LogP) is 2.68. The van der Waals surface area contributed by atoms with E-state index in [1.54, 1.807) is 0 Å².